The molecule has 1 rings (SSSR count). The fourth-order valence-corrected chi connectivity index (χ4v) is 2.31. The lowest BCUT2D eigenvalue weighted by Gasteiger charge is -2.22. The maximum atomic E-state index is 11.8. The van der Waals surface area contributed by atoms with Gasteiger partial charge in [-0.05, 0) is 37.5 Å². The summed E-state index contributed by atoms with van der Waals surface area (Å²) in [7, 11) is 0. The highest BCUT2D eigenvalue weighted by atomic mass is 16.2. The quantitative estimate of drug-likeness (QED) is 0.621. The highest BCUT2D eigenvalue weighted by Gasteiger charge is 2.45. The topological polar surface area (TPSA) is 41.1 Å². The molecule has 2 N–H and O–H groups in total. The number of hydrogen-bond acceptors (Lipinski definition) is 2. The lowest BCUT2D eigenvalue weighted by atomic mass is 9.92. The average molecular weight is 254 g/mol. The van der Waals surface area contributed by atoms with Gasteiger partial charge < -0.3 is 10.6 Å². The summed E-state index contributed by atoms with van der Waals surface area (Å²) in [5, 5.41) is 6.40. The van der Waals surface area contributed by atoms with Crippen LogP contribution in [-0.2, 0) is 4.79 Å². The van der Waals surface area contributed by atoms with Crippen LogP contribution in [0.25, 0.3) is 0 Å². The van der Waals surface area contributed by atoms with E-state index in [1.807, 2.05) is 6.92 Å². The largest absolute Gasteiger partial charge is 0.355 e. The monoisotopic (exact) mass is 254 g/mol. The summed E-state index contributed by atoms with van der Waals surface area (Å²) in [6.07, 6.45) is 6.09. The van der Waals surface area contributed by atoms with Gasteiger partial charge in [0.25, 0.3) is 0 Å². The van der Waals surface area contributed by atoms with Crippen molar-refractivity contribution < 1.29 is 4.79 Å². The number of amides is 1. The molecule has 1 unspecified atom stereocenters. The molecule has 0 aromatic carbocycles. The molecule has 0 aliphatic heterocycles. The minimum Gasteiger partial charge on any atom is -0.355 e. The first-order valence-corrected chi connectivity index (χ1v) is 7.53. The molecule has 106 valence electrons. The van der Waals surface area contributed by atoms with Crippen molar-refractivity contribution in [3.05, 3.63) is 0 Å². The second-order valence-electron chi connectivity index (χ2n) is 6.12. The highest BCUT2D eigenvalue weighted by Crippen LogP contribution is 2.51. The molecule has 1 fully saturated rings. The molecule has 0 spiro atoms. The van der Waals surface area contributed by atoms with Gasteiger partial charge in [0, 0.05) is 13.1 Å². The van der Waals surface area contributed by atoms with Crippen LogP contribution in [0.5, 0.6) is 0 Å². The van der Waals surface area contributed by atoms with E-state index >= 15 is 0 Å². The summed E-state index contributed by atoms with van der Waals surface area (Å²) in [6.45, 7) is 10.5. The van der Waals surface area contributed by atoms with Crippen molar-refractivity contribution in [2.24, 2.45) is 11.3 Å². The summed E-state index contributed by atoms with van der Waals surface area (Å²) in [5.74, 6) is 0.857. The predicted octanol–water partition coefficient (Wildman–Crippen LogP) is 2.71. The van der Waals surface area contributed by atoms with E-state index in [0.29, 0.717) is 11.3 Å². The SMILES string of the molecule is CCCCCNC(=O)C(C)NCC1(C(C)C)CC1. The molecule has 3 nitrogen and oxygen atoms in total. The van der Waals surface area contributed by atoms with Gasteiger partial charge in [0.1, 0.15) is 0 Å². The van der Waals surface area contributed by atoms with Crippen LogP contribution in [0.1, 0.15) is 59.8 Å². The molecule has 0 radical (unpaired) electrons. The van der Waals surface area contributed by atoms with Gasteiger partial charge in [-0.25, -0.2) is 0 Å². The maximum absolute atomic E-state index is 11.8. The molecule has 0 saturated heterocycles. The minimum atomic E-state index is -0.0668. The molecule has 1 amide bonds. The molecule has 1 aliphatic carbocycles. The summed E-state index contributed by atoms with van der Waals surface area (Å²) in [4.78, 5) is 11.8. The van der Waals surface area contributed by atoms with Crippen molar-refractivity contribution in [3.63, 3.8) is 0 Å². The first kappa shape index (κ1) is 15.5. The van der Waals surface area contributed by atoms with E-state index in [9.17, 15) is 4.79 Å². The first-order valence-electron chi connectivity index (χ1n) is 7.53. The summed E-state index contributed by atoms with van der Waals surface area (Å²) in [5.41, 5.74) is 0.469. The van der Waals surface area contributed by atoms with E-state index in [0.717, 1.165) is 19.5 Å². The fraction of sp³-hybridized carbons (Fsp3) is 0.933. The highest BCUT2D eigenvalue weighted by molar-refractivity contribution is 5.81. The predicted molar refractivity (Wildman–Crippen MR) is 76.5 cm³/mol. The molecule has 0 heterocycles. The van der Waals surface area contributed by atoms with Crippen molar-refractivity contribution >= 4 is 5.91 Å². The number of nitrogens with one attached hydrogen (secondary N) is 2. The van der Waals surface area contributed by atoms with Crippen molar-refractivity contribution in [2.75, 3.05) is 13.1 Å². The lowest BCUT2D eigenvalue weighted by molar-refractivity contribution is -0.122. The third kappa shape index (κ3) is 4.60. The van der Waals surface area contributed by atoms with E-state index in [1.165, 1.54) is 25.7 Å². The smallest absolute Gasteiger partial charge is 0.236 e. The Morgan fingerprint density at radius 1 is 1.22 bits per heavy atom. The van der Waals surface area contributed by atoms with Crippen LogP contribution in [0, 0.1) is 11.3 Å². The molecule has 1 saturated carbocycles. The summed E-state index contributed by atoms with van der Waals surface area (Å²) >= 11 is 0. The van der Waals surface area contributed by atoms with E-state index in [-0.39, 0.29) is 11.9 Å². The van der Waals surface area contributed by atoms with Gasteiger partial charge in [0.15, 0.2) is 0 Å². The standard InChI is InChI=1S/C15H30N2O/c1-5-6-7-10-16-14(18)13(4)17-11-15(8-9-15)12(2)3/h12-13,17H,5-11H2,1-4H3,(H,16,18). The second kappa shape index (κ2) is 7.13. The van der Waals surface area contributed by atoms with Gasteiger partial charge in [-0.1, -0.05) is 33.6 Å². The Morgan fingerprint density at radius 3 is 2.39 bits per heavy atom. The van der Waals surface area contributed by atoms with Gasteiger partial charge in [-0.3, -0.25) is 4.79 Å². The molecule has 0 aromatic heterocycles. The van der Waals surface area contributed by atoms with Crippen LogP contribution in [-0.4, -0.2) is 25.0 Å². The Hall–Kier alpha value is -0.570. The van der Waals surface area contributed by atoms with Gasteiger partial charge in [0.2, 0.25) is 5.91 Å². The Morgan fingerprint density at radius 2 is 1.89 bits per heavy atom. The van der Waals surface area contributed by atoms with Crippen molar-refractivity contribution in [3.8, 4) is 0 Å². The van der Waals surface area contributed by atoms with E-state index in [1.54, 1.807) is 0 Å². The number of rotatable bonds is 9. The molecular formula is C15H30N2O. The molecule has 1 aliphatic rings. The number of hydrogen-bond donors (Lipinski definition) is 2. The zero-order valence-corrected chi connectivity index (χ0v) is 12.5. The summed E-state index contributed by atoms with van der Waals surface area (Å²) in [6, 6.07) is -0.0668. The van der Waals surface area contributed by atoms with Crippen molar-refractivity contribution in [2.45, 2.75) is 65.8 Å². The molecule has 0 bridgehead atoms. The number of unbranched alkanes of at least 4 members (excludes halogenated alkanes) is 2. The first-order chi connectivity index (χ1) is 8.52. The Kier molecular flexibility index (Phi) is 6.13. The zero-order chi connectivity index (χ0) is 13.6. The van der Waals surface area contributed by atoms with Crippen LogP contribution in [0.4, 0.5) is 0 Å². The molecule has 1 atom stereocenters. The van der Waals surface area contributed by atoms with Crippen LogP contribution < -0.4 is 10.6 Å². The van der Waals surface area contributed by atoms with Crippen molar-refractivity contribution in [1.29, 1.82) is 0 Å². The van der Waals surface area contributed by atoms with Gasteiger partial charge in [-0.2, -0.15) is 0 Å². The van der Waals surface area contributed by atoms with Crippen LogP contribution in [0.3, 0.4) is 0 Å². The van der Waals surface area contributed by atoms with Gasteiger partial charge in [-0.15, -0.1) is 0 Å². The molecule has 18 heavy (non-hydrogen) atoms. The summed E-state index contributed by atoms with van der Waals surface area (Å²) < 4.78 is 0. The number of carbonyl (C=O) groups excluding carboxylic acids is 1. The maximum Gasteiger partial charge on any atom is 0.236 e. The lowest BCUT2D eigenvalue weighted by Crippen LogP contribution is -2.45. The van der Waals surface area contributed by atoms with Gasteiger partial charge in [0.05, 0.1) is 6.04 Å². The molecule has 3 heteroatoms. The molecule has 0 aromatic rings. The van der Waals surface area contributed by atoms with E-state index < -0.39 is 0 Å². The second-order valence-corrected chi connectivity index (χ2v) is 6.12. The van der Waals surface area contributed by atoms with Crippen molar-refractivity contribution in [1.82, 2.24) is 10.6 Å². The third-order valence-electron chi connectivity index (χ3n) is 4.35. The Labute approximate surface area is 112 Å². The van der Waals surface area contributed by atoms with Crippen LogP contribution in [0.15, 0.2) is 0 Å². The fourth-order valence-electron chi connectivity index (χ4n) is 2.31. The minimum absolute atomic E-state index is 0.0668. The number of carbonyl (C=O) groups is 1. The van der Waals surface area contributed by atoms with Crippen LogP contribution >= 0.6 is 0 Å². The Bertz CT molecular complexity index is 259. The Balaban J connectivity index is 2.16. The van der Waals surface area contributed by atoms with E-state index in [2.05, 4.69) is 31.4 Å². The van der Waals surface area contributed by atoms with Crippen LogP contribution in [0.2, 0.25) is 0 Å². The van der Waals surface area contributed by atoms with Gasteiger partial charge >= 0.3 is 0 Å². The zero-order valence-electron chi connectivity index (χ0n) is 12.5. The third-order valence-corrected chi connectivity index (χ3v) is 4.35. The molecular weight excluding hydrogens is 224 g/mol. The van der Waals surface area contributed by atoms with E-state index in [4.69, 9.17) is 0 Å². The average Bonchev–Trinajstić information content (AvgIpc) is 3.12. The normalized spacial score (nSPS) is 18.7.